The molecule has 0 radical (unpaired) electrons. The number of rotatable bonds is 3. The first kappa shape index (κ1) is 11.0. The predicted molar refractivity (Wildman–Crippen MR) is 59.5 cm³/mol. The third kappa shape index (κ3) is 1.68. The van der Waals surface area contributed by atoms with Gasteiger partial charge in [0.2, 0.25) is 0 Å². The lowest BCUT2D eigenvalue weighted by Gasteiger charge is -2.12. The minimum atomic E-state index is -0.274. The highest BCUT2D eigenvalue weighted by molar-refractivity contribution is 5.76. The number of benzene rings is 1. The number of fused-ring (bicyclic) bond motifs is 1. The van der Waals surface area contributed by atoms with Crippen molar-refractivity contribution in [2.75, 3.05) is 13.7 Å². The number of nitrogens with two attached hydrogens (primary N) is 1. The minimum Gasteiger partial charge on any atom is -0.372 e. The third-order valence-corrected chi connectivity index (χ3v) is 2.66. The van der Waals surface area contributed by atoms with Crippen molar-refractivity contribution in [2.24, 2.45) is 12.8 Å². The summed E-state index contributed by atoms with van der Waals surface area (Å²) >= 11 is 0. The molecule has 0 aliphatic rings. The normalized spacial score (nSPS) is 13.2. The SMILES string of the molecule is COC(CN)c1nc2ccc(F)cc2n1C. The maximum atomic E-state index is 13.1. The molecule has 0 amide bonds. The van der Waals surface area contributed by atoms with E-state index in [-0.39, 0.29) is 11.9 Å². The van der Waals surface area contributed by atoms with Crippen molar-refractivity contribution < 1.29 is 9.13 Å². The van der Waals surface area contributed by atoms with Crippen LogP contribution >= 0.6 is 0 Å². The van der Waals surface area contributed by atoms with Gasteiger partial charge in [0.25, 0.3) is 0 Å². The highest BCUT2D eigenvalue weighted by Crippen LogP contribution is 2.21. The first-order valence-corrected chi connectivity index (χ1v) is 5.02. The second kappa shape index (κ2) is 4.19. The number of halogens is 1. The molecule has 1 aromatic carbocycles. The van der Waals surface area contributed by atoms with E-state index in [1.54, 1.807) is 17.7 Å². The molecule has 1 aromatic heterocycles. The number of aromatic nitrogens is 2. The fraction of sp³-hybridized carbons (Fsp3) is 0.364. The zero-order valence-corrected chi connectivity index (χ0v) is 9.27. The van der Waals surface area contributed by atoms with Gasteiger partial charge >= 0.3 is 0 Å². The van der Waals surface area contributed by atoms with Gasteiger partial charge in [-0.3, -0.25) is 0 Å². The highest BCUT2D eigenvalue weighted by Gasteiger charge is 2.16. The summed E-state index contributed by atoms with van der Waals surface area (Å²) in [5.74, 6) is 0.439. The average Bonchev–Trinajstić information content (AvgIpc) is 2.59. The van der Waals surface area contributed by atoms with Crippen LogP contribution in [0.1, 0.15) is 11.9 Å². The maximum Gasteiger partial charge on any atom is 0.140 e. The van der Waals surface area contributed by atoms with Crippen LogP contribution in [0, 0.1) is 5.82 Å². The van der Waals surface area contributed by atoms with E-state index in [9.17, 15) is 4.39 Å². The smallest absolute Gasteiger partial charge is 0.140 e. The molecule has 0 bridgehead atoms. The molecule has 16 heavy (non-hydrogen) atoms. The Hall–Kier alpha value is -1.46. The highest BCUT2D eigenvalue weighted by atomic mass is 19.1. The van der Waals surface area contributed by atoms with Crippen LogP contribution in [-0.2, 0) is 11.8 Å². The van der Waals surface area contributed by atoms with Crippen molar-refractivity contribution in [2.45, 2.75) is 6.10 Å². The van der Waals surface area contributed by atoms with Gasteiger partial charge in [-0.05, 0) is 18.2 Å². The van der Waals surface area contributed by atoms with Gasteiger partial charge in [0.05, 0.1) is 11.0 Å². The molecule has 0 saturated heterocycles. The third-order valence-electron chi connectivity index (χ3n) is 2.66. The second-order valence-corrected chi connectivity index (χ2v) is 3.62. The van der Waals surface area contributed by atoms with Crippen LogP contribution in [0.25, 0.3) is 11.0 Å². The quantitative estimate of drug-likeness (QED) is 0.854. The summed E-state index contributed by atoms with van der Waals surface area (Å²) in [5, 5.41) is 0. The van der Waals surface area contributed by atoms with Gasteiger partial charge in [-0.25, -0.2) is 9.37 Å². The molecule has 0 aliphatic heterocycles. The van der Waals surface area contributed by atoms with Gasteiger partial charge in [0.15, 0.2) is 0 Å². The molecule has 0 fully saturated rings. The Kier molecular flexibility index (Phi) is 2.89. The lowest BCUT2D eigenvalue weighted by atomic mass is 10.3. The summed E-state index contributed by atoms with van der Waals surface area (Å²) in [6.07, 6.45) is -0.263. The number of nitrogens with zero attached hydrogens (tertiary/aromatic N) is 2. The van der Waals surface area contributed by atoms with Crippen LogP contribution in [0.4, 0.5) is 4.39 Å². The Labute approximate surface area is 92.8 Å². The lowest BCUT2D eigenvalue weighted by molar-refractivity contribution is 0.101. The van der Waals surface area contributed by atoms with Gasteiger partial charge in [-0.2, -0.15) is 0 Å². The summed E-state index contributed by atoms with van der Waals surface area (Å²) in [6, 6.07) is 4.50. The van der Waals surface area contributed by atoms with E-state index in [1.807, 2.05) is 7.05 Å². The van der Waals surface area contributed by atoms with Crippen LogP contribution in [-0.4, -0.2) is 23.2 Å². The van der Waals surface area contributed by atoms with Crippen molar-refractivity contribution in [3.8, 4) is 0 Å². The molecular formula is C11H14FN3O. The molecule has 0 aliphatic carbocycles. The Bertz CT molecular complexity index is 505. The Morgan fingerprint density at radius 2 is 2.31 bits per heavy atom. The van der Waals surface area contributed by atoms with Crippen LogP contribution < -0.4 is 5.73 Å². The zero-order valence-electron chi connectivity index (χ0n) is 9.27. The summed E-state index contributed by atoms with van der Waals surface area (Å²) in [4.78, 5) is 4.39. The second-order valence-electron chi connectivity index (χ2n) is 3.62. The van der Waals surface area contributed by atoms with Crippen LogP contribution in [0.5, 0.6) is 0 Å². The summed E-state index contributed by atoms with van der Waals surface area (Å²) in [6.45, 7) is 0.343. The molecule has 1 heterocycles. The van der Waals surface area contributed by atoms with Crippen molar-refractivity contribution in [1.82, 2.24) is 9.55 Å². The topological polar surface area (TPSA) is 53.1 Å². The summed E-state index contributed by atoms with van der Waals surface area (Å²) in [7, 11) is 3.41. The molecule has 2 aromatic rings. The van der Waals surface area contributed by atoms with Crippen molar-refractivity contribution >= 4 is 11.0 Å². The van der Waals surface area contributed by atoms with Gasteiger partial charge in [-0.1, -0.05) is 0 Å². The average molecular weight is 223 g/mol. The van der Waals surface area contributed by atoms with Gasteiger partial charge in [-0.15, -0.1) is 0 Å². The Morgan fingerprint density at radius 3 is 2.94 bits per heavy atom. The van der Waals surface area contributed by atoms with Crippen LogP contribution in [0.2, 0.25) is 0 Å². The molecule has 2 rings (SSSR count). The van der Waals surface area contributed by atoms with Gasteiger partial charge < -0.3 is 15.0 Å². The molecule has 86 valence electrons. The molecule has 1 atom stereocenters. The van der Waals surface area contributed by atoms with E-state index < -0.39 is 0 Å². The predicted octanol–water partition coefficient (Wildman–Crippen LogP) is 1.36. The van der Waals surface area contributed by atoms with E-state index in [0.29, 0.717) is 12.4 Å². The van der Waals surface area contributed by atoms with E-state index in [1.165, 1.54) is 12.1 Å². The Balaban J connectivity index is 2.59. The van der Waals surface area contributed by atoms with E-state index in [0.717, 1.165) is 11.0 Å². The molecule has 5 heteroatoms. The van der Waals surface area contributed by atoms with Gasteiger partial charge in [0.1, 0.15) is 17.7 Å². The Morgan fingerprint density at radius 1 is 1.56 bits per heavy atom. The molecule has 2 N–H and O–H groups in total. The monoisotopic (exact) mass is 223 g/mol. The van der Waals surface area contributed by atoms with E-state index >= 15 is 0 Å². The summed E-state index contributed by atoms with van der Waals surface area (Å²) in [5.41, 5.74) is 7.07. The number of hydrogen-bond acceptors (Lipinski definition) is 3. The molecule has 0 spiro atoms. The fourth-order valence-electron chi connectivity index (χ4n) is 1.78. The number of hydrogen-bond donors (Lipinski definition) is 1. The van der Waals surface area contributed by atoms with E-state index in [2.05, 4.69) is 4.98 Å². The maximum absolute atomic E-state index is 13.1. The molecule has 4 nitrogen and oxygen atoms in total. The first-order chi connectivity index (χ1) is 7.67. The van der Waals surface area contributed by atoms with Crippen LogP contribution in [0.3, 0.4) is 0 Å². The first-order valence-electron chi connectivity index (χ1n) is 5.02. The van der Waals surface area contributed by atoms with E-state index in [4.69, 9.17) is 10.5 Å². The number of imidazole rings is 1. The fourth-order valence-corrected chi connectivity index (χ4v) is 1.78. The summed E-state index contributed by atoms with van der Waals surface area (Å²) < 4.78 is 20.1. The number of methoxy groups -OCH3 is 1. The number of ether oxygens (including phenoxy) is 1. The molecule has 1 unspecified atom stereocenters. The lowest BCUT2D eigenvalue weighted by Crippen LogP contribution is -2.17. The van der Waals surface area contributed by atoms with Crippen molar-refractivity contribution in [3.05, 3.63) is 29.8 Å². The van der Waals surface area contributed by atoms with Gasteiger partial charge in [0, 0.05) is 20.7 Å². The largest absolute Gasteiger partial charge is 0.372 e. The standard InChI is InChI=1S/C11H14FN3O/c1-15-9-5-7(12)3-4-8(9)14-11(15)10(6-13)16-2/h3-5,10H,6,13H2,1-2H3. The zero-order chi connectivity index (χ0) is 11.7. The van der Waals surface area contributed by atoms with Crippen molar-refractivity contribution in [3.63, 3.8) is 0 Å². The van der Waals surface area contributed by atoms with Crippen LogP contribution in [0.15, 0.2) is 18.2 Å². The molecule has 0 saturated carbocycles. The minimum absolute atomic E-state index is 0.263. The number of aryl methyl sites for hydroxylation is 1. The molecular weight excluding hydrogens is 209 g/mol. The van der Waals surface area contributed by atoms with Crippen molar-refractivity contribution in [1.29, 1.82) is 0 Å².